The van der Waals surface area contributed by atoms with Gasteiger partial charge in [-0.1, -0.05) is 29.3 Å². The van der Waals surface area contributed by atoms with Gasteiger partial charge in [-0.3, -0.25) is 4.72 Å². The first kappa shape index (κ1) is 13.5. The van der Waals surface area contributed by atoms with Crippen LogP contribution in [0.4, 0.5) is 5.69 Å². The molecule has 0 aliphatic rings. The van der Waals surface area contributed by atoms with E-state index < -0.39 is 10.0 Å². The molecule has 0 amide bonds. The van der Waals surface area contributed by atoms with Crippen molar-refractivity contribution >= 4 is 31.6 Å². The molecular weight excluding hydrogens is 290 g/mol. The van der Waals surface area contributed by atoms with Crippen LogP contribution in [-0.2, 0) is 10.0 Å². The molecule has 0 atom stereocenters. The van der Waals surface area contributed by atoms with E-state index in [1.54, 1.807) is 6.07 Å². The molecule has 0 spiro atoms. The molecule has 16 heavy (non-hydrogen) atoms. The number of unbranched alkanes of at least 4 members (excludes halogenated alkanes) is 1. The lowest BCUT2D eigenvalue weighted by molar-refractivity contribution is 0.598. The van der Waals surface area contributed by atoms with Crippen LogP contribution in [0.5, 0.6) is 0 Å². The van der Waals surface area contributed by atoms with Crippen molar-refractivity contribution in [2.45, 2.75) is 26.7 Å². The van der Waals surface area contributed by atoms with Crippen LogP contribution in [0.15, 0.2) is 22.7 Å². The van der Waals surface area contributed by atoms with E-state index in [4.69, 9.17) is 0 Å². The van der Waals surface area contributed by atoms with E-state index in [0.29, 0.717) is 12.1 Å². The Morgan fingerprint density at radius 3 is 2.62 bits per heavy atom. The Hall–Kier alpha value is -0.550. The van der Waals surface area contributed by atoms with Crippen molar-refractivity contribution in [3.05, 3.63) is 28.2 Å². The van der Waals surface area contributed by atoms with Crippen LogP contribution in [0.2, 0.25) is 0 Å². The van der Waals surface area contributed by atoms with Gasteiger partial charge >= 0.3 is 0 Å². The minimum Gasteiger partial charge on any atom is -0.284 e. The summed E-state index contributed by atoms with van der Waals surface area (Å²) < 4.78 is 26.8. The number of anilines is 1. The minimum atomic E-state index is -3.19. The van der Waals surface area contributed by atoms with Gasteiger partial charge in [0.05, 0.1) is 5.75 Å². The molecule has 90 valence electrons. The summed E-state index contributed by atoms with van der Waals surface area (Å²) in [5.41, 5.74) is 1.63. The fourth-order valence-electron chi connectivity index (χ4n) is 1.27. The highest BCUT2D eigenvalue weighted by Gasteiger charge is 2.09. The van der Waals surface area contributed by atoms with Crippen LogP contribution < -0.4 is 4.72 Å². The van der Waals surface area contributed by atoms with E-state index in [0.717, 1.165) is 16.5 Å². The van der Waals surface area contributed by atoms with E-state index in [2.05, 4.69) is 20.7 Å². The maximum absolute atomic E-state index is 11.6. The topological polar surface area (TPSA) is 46.2 Å². The SMILES string of the molecule is CCCCS(=O)(=O)Nc1ccc(Br)c(C)c1. The largest absolute Gasteiger partial charge is 0.284 e. The number of benzene rings is 1. The van der Waals surface area contributed by atoms with Crippen molar-refractivity contribution in [2.24, 2.45) is 0 Å². The Morgan fingerprint density at radius 2 is 2.06 bits per heavy atom. The second kappa shape index (κ2) is 5.68. The lowest BCUT2D eigenvalue weighted by atomic mass is 10.2. The Kier molecular flexibility index (Phi) is 4.80. The fourth-order valence-corrected chi connectivity index (χ4v) is 2.78. The van der Waals surface area contributed by atoms with E-state index in [1.165, 1.54) is 0 Å². The third-order valence-corrected chi connectivity index (χ3v) is 4.46. The van der Waals surface area contributed by atoms with Gasteiger partial charge < -0.3 is 0 Å². The fraction of sp³-hybridized carbons (Fsp3) is 0.455. The van der Waals surface area contributed by atoms with Gasteiger partial charge in [-0.15, -0.1) is 0 Å². The number of sulfonamides is 1. The molecule has 0 aliphatic heterocycles. The monoisotopic (exact) mass is 305 g/mol. The zero-order valence-electron chi connectivity index (χ0n) is 9.46. The van der Waals surface area contributed by atoms with Crippen LogP contribution in [0.1, 0.15) is 25.3 Å². The molecule has 0 aromatic heterocycles. The van der Waals surface area contributed by atoms with E-state index >= 15 is 0 Å². The second-order valence-corrected chi connectivity index (χ2v) is 6.43. The van der Waals surface area contributed by atoms with Gasteiger partial charge in [0.2, 0.25) is 10.0 Å². The normalized spacial score (nSPS) is 11.4. The number of aryl methyl sites for hydroxylation is 1. The van der Waals surface area contributed by atoms with Gasteiger partial charge in [-0.25, -0.2) is 8.42 Å². The number of hydrogen-bond donors (Lipinski definition) is 1. The molecule has 0 unspecified atom stereocenters. The van der Waals surface area contributed by atoms with Gasteiger partial charge in [0.15, 0.2) is 0 Å². The average Bonchev–Trinajstić information content (AvgIpc) is 2.20. The quantitative estimate of drug-likeness (QED) is 0.907. The predicted molar refractivity (Wildman–Crippen MR) is 71.2 cm³/mol. The molecule has 0 saturated carbocycles. The van der Waals surface area contributed by atoms with Crippen molar-refractivity contribution < 1.29 is 8.42 Å². The van der Waals surface area contributed by atoms with Gasteiger partial charge in [0, 0.05) is 10.2 Å². The maximum atomic E-state index is 11.6. The van der Waals surface area contributed by atoms with Crippen LogP contribution >= 0.6 is 15.9 Å². The summed E-state index contributed by atoms with van der Waals surface area (Å²) in [5.74, 6) is 0.179. The minimum absolute atomic E-state index is 0.179. The summed E-state index contributed by atoms with van der Waals surface area (Å²) in [6, 6.07) is 5.40. The first-order chi connectivity index (χ1) is 7.44. The molecular formula is C11H16BrNO2S. The van der Waals surface area contributed by atoms with Crippen molar-refractivity contribution in [3.8, 4) is 0 Å². The Balaban J connectivity index is 2.76. The molecule has 1 aromatic carbocycles. The highest BCUT2D eigenvalue weighted by molar-refractivity contribution is 9.10. The highest BCUT2D eigenvalue weighted by Crippen LogP contribution is 2.20. The third-order valence-electron chi connectivity index (χ3n) is 2.20. The number of rotatable bonds is 5. The number of halogens is 1. The van der Waals surface area contributed by atoms with E-state index in [1.807, 2.05) is 26.0 Å². The standard InChI is InChI=1S/C11H16BrNO2S/c1-3-4-7-16(14,15)13-10-5-6-11(12)9(2)8-10/h5-6,8,13H,3-4,7H2,1-2H3. The average molecular weight is 306 g/mol. The first-order valence-corrected chi connectivity index (χ1v) is 7.66. The molecule has 0 saturated heterocycles. The predicted octanol–water partition coefficient (Wildman–Crippen LogP) is 3.30. The summed E-state index contributed by atoms with van der Waals surface area (Å²) in [7, 11) is -3.19. The zero-order valence-corrected chi connectivity index (χ0v) is 11.9. The van der Waals surface area contributed by atoms with Crippen LogP contribution in [0.3, 0.4) is 0 Å². The van der Waals surface area contributed by atoms with Gasteiger partial charge in [0.1, 0.15) is 0 Å². The lowest BCUT2D eigenvalue weighted by Gasteiger charge is -2.08. The molecule has 0 radical (unpaired) electrons. The maximum Gasteiger partial charge on any atom is 0.232 e. The second-order valence-electron chi connectivity index (χ2n) is 3.74. The van der Waals surface area contributed by atoms with Crippen LogP contribution in [-0.4, -0.2) is 14.2 Å². The molecule has 1 rings (SSSR count). The van der Waals surface area contributed by atoms with E-state index in [-0.39, 0.29) is 5.75 Å². The van der Waals surface area contributed by atoms with Crippen molar-refractivity contribution in [3.63, 3.8) is 0 Å². The lowest BCUT2D eigenvalue weighted by Crippen LogP contribution is -2.16. The molecule has 0 fully saturated rings. The van der Waals surface area contributed by atoms with Crippen molar-refractivity contribution in [1.82, 2.24) is 0 Å². The highest BCUT2D eigenvalue weighted by atomic mass is 79.9. The Labute approximate surface area is 105 Å². The summed E-state index contributed by atoms with van der Waals surface area (Å²) in [6.07, 6.45) is 1.56. The third kappa shape index (κ3) is 4.14. The molecule has 3 nitrogen and oxygen atoms in total. The summed E-state index contributed by atoms with van der Waals surface area (Å²) in [4.78, 5) is 0. The summed E-state index contributed by atoms with van der Waals surface area (Å²) >= 11 is 3.37. The van der Waals surface area contributed by atoms with Gasteiger partial charge in [-0.05, 0) is 37.1 Å². The Bertz CT molecular complexity index is 457. The number of nitrogens with one attached hydrogen (secondary N) is 1. The van der Waals surface area contributed by atoms with Crippen LogP contribution in [0.25, 0.3) is 0 Å². The molecule has 5 heteroatoms. The molecule has 0 aliphatic carbocycles. The smallest absolute Gasteiger partial charge is 0.232 e. The summed E-state index contributed by atoms with van der Waals surface area (Å²) in [6.45, 7) is 3.90. The summed E-state index contributed by atoms with van der Waals surface area (Å²) in [5, 5.41) is 0. The Morgan fingerprint density at radius 1 is 1.38 bits per heavy atom. The first-order valence-electron chi connectivity index (χ1n) is 5.21. The van der Waals surface area contributed by atoms with Gasteiger partial charge in [0.25, 0.3) is 0 Å². The van der Waals surface area contributed by atoms with Crippen molar-refractivity contribution in [1.29, 1.82) is 0 Å². The molecule has 0 bridgehead atoms. The molecule has 0 heterocycles. The van der Waals surface area contributed by atoms with Crippen molar-refractivity contribution in [2.75, 3.05) is 10.5 Å². The van der Waals surface area contributed by atoms with E-state index in [9.17, 15) is 8.42 Å². The van der Waals surface area contributed by atoms with Crippen LogP contribution in [0, 0.1) is 6.92 Å². The molecule has 1 aromatic rings. The number of hydrogen-bond acceptors (Lipinski definition) is 2. The van der Waals surface area contributed by atoms with Gasteiger partial charge in [-0.2, -0.15) is 0 Å². The zero-order chi connectivity index (χ0) is 12.2. The molecule has 1 N–H and O–H groups in total.